The van der Waals surface area contributed by atoms with Gasteiger partial charge in [-0.2, -0.15) is 0 Å². The number of halogens is 1. The molecule has 0 radical (unpaired) electrons. The van der Waals surface area contributed by atoms with E-state index in [0.29, 0.717) is 0 Å². The van der Waals surface area contributed by atoms with Crippen LogP contribution < -0.4 is 4.90 Å². The molecule has 0 bridgehead atoms. The number of hydrogen-bond acceptors (Lipinski definition) is 2. The van der Waals surface area contributed by atoms with Gasteiger partial charge in [0.2, 0.25) is 0 Å². The first-order valence-electron chi connectivity index (χ1n) is 12.3. The minimum absolute atomic E-state index is 0.792. The van der Waals surface area contributed by atoms with E-state index in [1.807, 2.05) is 23.5 Å². The first kappa shape index (κ1) is 22.1. The van der Waals surface area contributed by atoms with E-state index < -0.39 is 0 Å². The van der Waals surface area contributed by atoms with Crippen LogP contribution in [0, 0.1) is 0 Å². The smallest absolute Gasteiger partial charge is 0.0562 e. The van der Waals surface area contributed by atoms with Crippen molar-refractivity contribution < 1.29 is 0 Å². The van der Waals surface area contributed by atoms with Crippen molar-refractivity contribution in [2.75, 3.05) is 4.90 Å². The Kier molecular flexibility index (Phi) is 5.43. The summed E-state index contributed by atoms with van der Waals surface area (Å²) >= 11 is 8.70. The molecule has 0 aliphatic carbocycles. The molecule has 6 aromatic carbocycles. The van der Waals surface area contributed by atoms with Crippen LogP contribution in [0.4, 0.5) is 17.1 Å². The SMILES string of the molecule is Clc1c(-c2ccc(N(c3ccccc3)c3ccc4sc5ccccc5c4c3)cc2)ccc2ccccc12. The number of anilines is 3. The number of benzene rings is 6. The molecular formula is C34H22ClNS. The van der Waals surface area contributed by atoms with Crippen LogP contribution in [0.5, 0.6) is 0 Å². The average Bonchev–Trinajstić information content (AvgIpc) is 3.33. The normalized spacial score (nSPS) is 11.4. The standard InChI is InChI=1S/C34H22ClNS/c35-34-28-11-5-4-8-23(28)16-20-29(34)24-14-17-26(18-15-24)36(25-9-2-1-3-10-25)27-19-21-33-31(22-27)30-12-6-7-13-32(30)37-33/h1-22H. The second kappa shape index (κ2) is 9.08. The maximum atomic E-state index is 6.85. The van der Waals surface area contributed by atoms with Gasteiger partial charge in [0.1, 0.15) is 0 Å². The molecule has 0 aliphatic rings. The molecule has 0 fully saturated rings. The van der Waals surface area contributed by atoms with Crippen LogP contribution in [0.1, 0.15) is 0 Å². The lowest BCUT2D eigenvalue weighted by Crippen LogP contribution is -2.09. The molecule has 7 rings (SSSR count). The van der Waals surface area contributed by atoms with Gasteiger partial charge in [-0.1, -0.05) is 96.5 Å². The van der Waals surface area contributed by atoms with Crippen molar-refractivity contribution >= 4 is 70.9 Å². The summed E-state index contributed by atoms with van der Waals surface area (Å²) in [5, 5.41) is 5.62. The predicted molar refractivity (Wildman–Crippen MR) is 162 cm³/mol. The van der Waals surface area contributed by atoms with E-state index in [-0.39, 0.29) is 0 Å². The maximum absolute atomic E-state index is 6.85. The van der Waals surface area contributed by atoms with Gasteiger partial charge in [0.25, 0.3) is 0 Å². The van der Waals surface area contributed by atoms with E-state index in [0.717, 1.165) is 44.0 Å². The van der Waals surface area contributed by atoms with Gasteiger partial charge in [-0.3, -0.25) is 0 Å². The number of fused-ring (bicyclic) bond motifs is 4. The average molecular weight is 512 g/mol. The summed E-state index contributed by atoms with van der Waals surface area (Å²) in [6.45, 7) is 0. The fourth-order valence-electron chi connectivity index (χ4n) is 5.12. The Hall–Kier alpha value is -4.11. The number of para-hydroxylation sites is 1. The number of nitrogens with zero attached hydrogens (tertiary/aromatic N) is 1. The molecule has 176 valence electrons. The van der Waals surface area contributed by atoms with Gasteiger partial charge in [-0.15, -0.1) is 11.3 Å². The molecule has 7 aromatic rings. The quantitative estimate of drug-likeness (QED) is 0.227. The molecule has 1 nitrogen and oxygen atoms in total. The van der Waals surface area contributed by atoms with E-state index in [1.54, 1.807) is 0 Å². The lowest BCUT2D eigenvalue weighted by atomic mass is 10.0. The summed E-state index contributed by atoms with van der Waals surface area (Å²) in [5.41, 5.74) is 5.51. The van der Waals surface area contributed by atoms with Crippen LogP contribution in [0.15, 0.2) is 133 Å². The Morgan fingerprint density at radius 2 is 1.14 bits per heavy atom. The molecule has 0 saturated heterocycles. The van der Waals surface area contributed by atoms with Crippen LogP contribution in [-0.4, -0.2) is 0 Å². The van der Waals surface area contributed by atoms with Crippen molar-refractivity contribution in [2.45, 2.75) is 0 Å². The van der Waals surface area contributed by atoms with Crippen molar-refractivity contribution in [3.8, 4) is 11.1 Å². The van der Waals surface area contributed by atoms with Crippen molar-refractivity contribution in [1.29, 1.82) is 0 Å². The van der Waals surface area contributed by atoms with Crippen molar-refractivity contribution in [2.24, 2.45) is 0 Å². The summed E-state index contributed by atoms with van der Waals surface area (Å²) in [6.07, 6.45) is 0. The molecule has 1 aromatic heterocycles. The molecule has 0 N–H and O–H groups in total. The minimum Gasteiger partial charge on any atom is -0.310 e. The Bertz CT molecular complexity index is 1890. The largest absolute Gasteiger partial charge is 0.310 e. The van der Waals surface area contributed by atoms with Gasteiger partial charge >= 0.3 is 0 Å². The van der Waals surface area contributed by atoms with Crippen molar-refractivity contribution in [3.63, 3.8) is 0 Å². The third kappa shape index (κ3) is 3.86. The monoisotopic (exact) mass is 511 g/mol. The zero-order valence-corrected chi connectivity index (χ0v) is 21.5. The fraction of sp³-hybridized carbons (Fsp3) is 0. The van der Waals surface area contributed by atoms with Crippen LogP contribution >= 0.6 is 22.9 Å². The molecule has 0 amide bonds. The predicted octanol–water partition coefficient (Wildman–Crippen LogP) is 11.0. The molecule has 3 heteroatoms. The van der Waals surface area contributed by atoms with E-state index in [1.165, 1.54) is 20.2 Å². The molecule has 0 atom stereocenters. The third-order valence-electron chi connectivity index (χ3n) is 6.93. The molecule has 1 heterocycles. The molecule has 37 heavy (non-hydrogen) atoms. The highest BCUT2D eigenvalue weighted by molar-refractivity contribution is 7.25. The zero-order valence-electron chi connectivity index (χ0n) is 19.9. The van der Waals surface area contributed by atoms with Crippen LogP contribution in [0.2, 0.25) is 5.02 Å². The first-order valence-corrected chi connectivity index (χ1v) is 13.5. The van der Waals surface area contributed by atoms with Gasteiger partial charge in [-0.25, -0.2) is 0 Å². The first-order chi connectivity index (χ1) is 18.3. The Labute approximate surface area is 224 Å². The van der Waals surface area contributed by atoms with Crippen LogP contribution in [0.25, 0.3) is 42.1 Å². The number of thiophene rings is 1. The minimum atomic E-state index is 0.792. The number of hydrogen-bond donors (Lipinski definition) is 0. The Balaban J connectivity index is 1.35. The van der Waals surface area contributed by atoms with Crippen LogP contribution in [-0.2, 0) is 0 Å². The molecule has 0 saturated carbocycles. The van der Waals surface area contributed by atoms with Gasteiger partial charge in [0, 0.05) is 48.2 Å². The van der Waals surface area contributed by atoms with Gasteiger partial charge in [-0.05, 0) is 59.5 Å². The molecule has 0 aliphatic heterocycles. The second-order valence-corrected chi connectivity index (χ2v) is 10.6. The van der Waals surface area contributed by atoms with Crippen molar-refractivity contribution in [3.05, 3.63) is 138 Å². The fourth-order valence-corrected chi connectivity index (χ4v) is 6.55. The number of rotatable bonds is 4. The molecule has 0 unspecified atom stereocenters. The van der Waals surface area contributed by atoms with Crippen molar-refractivity contribution in [1.82, 2.24) is 0 Å². The molecular weight excluding hydrogens is 490 g/mol. The van der Waals surface area contributed by atoms with Gasteiger partial charge in [0.05, 0.1) is 5.02 Å². The van der Waals surface area contributed by atoms with E-state index >= 15 is 0 Å². The van der Waals surface area contributed by atoms with Gasteiger partial charge < -0.3 is 4.90 Å². The Morgan fingerprint density at radius 1 is 0.486 bits per heavy atom. The Morgan fingerprint density at radius 3 is 1.97 bits per heavy atom. The lowest BCUT2D eigenvalue weighted by Gasteiger charge is -2.26. The highest BCUT2D eigenvalue weighted by atomic mass is 35.5. The zero-order chi connectivity index (χ0) is 24.8. The summed E-state index contributed by atoms with van der Waals surface area (Å²) in [5.74, 6) is 0. The van der Waals surface area contributed by atoms with E-state index in [2.05, 4.69) is 126 Å². The summed E-state index contributed by atoms with van der Waals surface area (Å²) in [4.78, 5) is 2.32. The van der Waals surface area contributed by atoms with E-state index in [9.17, 15) is 0 Å². The highest BCUT2D eigenvalue weighted by Crippen LogP contribution is 2.41. The molecule has 0 spiro atoms. The highest BCUT2D eigenvalue weighted by Gasteiger charge is 2.15. The summed E-state index contributed by atoms with van der Waals surface area (Å²) in [6, 6.07) is 47.2. The summed E-state index contributed by atoms with van der Waals surface area (Å²) in [7, 11) is 0. The van der Waals surface area contributed by atoms with Gasteiger partial charge in [0.15, 0.2) is 0 Å². The summed E-state index contributed by atoms with van der Waals surface area (Å²) < 4.78 is 2.62. The van der Waals surface area contributed by atoms with E-state index in [4.69, 9.17) is 11.6 Å². The topological polar surface area (TPSA) is 3.24 Å². The lowest BCUT2D eigenvalue weighted by molar-refractivity contribution is 1.29. The second-order valence-electron chi connectivity index (χ2n) is 9.14. The maximum Gasteiger partial charge on any atom is 0.0562 e. The third-order valence-corrected chi connectivity index (χ3v) is 8.49. The van der Waals surface area contributed by atoms with Crippen LogP contribution in [0.3, 0.4) is 0 Å².